The highest BCUT2D eigenvalue weighted by Gasteiger charge is 2.61. The normalized spacial score (nSPS) is 22.3. The van der Waals surface area contributed by atoms with Gasteiger partial charge in [-0.2, -0.15) is 13.2 Å². The number of sulfonamides is 1. The number of rotatable bonds is 10. The number of nitrogens with zero attached hydrogens (tertiary/aromatic N) is 7. The molecule has 1 aliphatic heterocycles. The lowest BCUT2D eigenvalue weighted by Crippen LogP contribution is -2.60. The first-order valence-corrected chi connectivity index (χ1v) is 18.3. The number of aryl methyl sites for hydroxylation is 1. The lowest BCUT2D eigenvalue weighted by Gasteiger charge is -2.36. The van der Waals surface area contributed by atoms with Crippen LogP contribution in [0.4, 0.5) is 4.79 Å². The molecule has 0 radical (unpaired) electrons. The highest BCUT2D eigenvalue weighted by atomic mass is 35.5. The van der Waals surface area contributed by atoms with E-state index in [1.807, 2.05) is 4.72 Å². The van der Waals surface area contributed by atoms with Crippen molar-refractivity contribution in [1.82, 2.24) is 50.0 Å². The fraction of sp³-hybridized carbons (Fsp3) is 0.515. The summed E-state index contributed by atoms with van der Waals surface area (Å²) in [5.74, 6) is -2.64. The molecule has 17 nitrogen and oxygen atoms in total. The van der Waals surface area contributed by atoms with Crippen LogP contribution in [-0.4, -0.2) is 96.7 Å². The molecule has 1 aliphatic carbocycles. The monoisotopic (exact) mass is 758 g/mol. The van der Waals surface area contributed by atoms with E-state index in [-0.39, 0.29) is 30.2 Å². The van der Waals surface area contributed by atoms with Crippen molar-refractivity contribution < 1.29 is 32.3 Å². The highest BCUT2D eigenvalue weighted by Crippen LogP contribution is 2.45. The third kappa shape index (κ3) is 8.28. The van der Waals surface area contributed by atoms with E-state index in [1.54, 1.807) is 72.9 Å². The summed E-state index contributed by atoms with van der Waals surface area (Å²) < 4.78 is 34.9. The van der Waals surface area contributed by atoms with Crippen molar-refractivity contribution >= 4 is 45.4 Å². The summed E-state index contributed by atoms with van der Waals surface area (Å²) >= 11 is 6.16. The van der Waals surface area contributed by atoms with Crippen LogP contribution in [0.1, 0.15) is 60.4 Å². The molecular formula is C33H43ClN10O7S. The first-order chi connectivity index (χ1) is 24.1. The summed E-state index contributed by atoms with van der Waals surface area (Å²) in [6.07, 6.45) is 3.19. The van der Waals surface area contributed by atoms with Crippen molar-refractivity contribution in [1.29, 1.82) is 0 Å². The van der Waals surface area contributed by atoms with Gasteiger partial charge in [-0.3, -0.25) is 14.4 Å². The van der Waals surface area contributed by atoms with Crippen LogP contribution in [0.25, 0.3) is 11.4 Å². The van der Waals surface area contributed by atoms with Crippen molar-refractivity contribution in [2.24, 2.45) is 18.4 Å². The number of hydrogen-bond acceptors (Lipinski definition) is 11. The molecule has 1 saturated heterocycles. The number of hydrogen-bond donors (Lipinski definition) is 3. The van der Waals surface area contributed by atoms with E-state index < -0.39 is 74.4 Å². The number of aromatic nitrogens is 6. The predicted octanol–water partition coefficient (Wildman–Crippen LogP) is 2.37. The summed E-state index contributed by atoms with van der Waals surface area (Å²) in [6.45, 7) is 14.0. The molecule has 2 aromatic heterocycles. The van der Waals surface area contributed by atoms with Crippen molar-refractivity contribution in [3.05, 3.63) is 54.5 Å². The number of amides is 4. The van der Waals surface area contributed by atoms with Gasteiger partial charge in [0.05, 0.1) is 12.4 Å². The fourth-order valence-electron chi connectivity index (χ4n) is 5.97. The predicted molar refractivity (Wildman–Crippen MR) is 188 cm³/mol. The van der Waals surface area contributed by atoms with Gasteiger partial charge in [0.15, 0.2) is 5.03 Å². The number of alkyl carbamates (subject to hydrolysis) is 1. The molecule has 0 spiro atoms. The second-order valence-electron chi connectivity index (χ2n) is 15.1. The molecule has 0 unspecified atom stereocenters. The molecule has 19 heteroatoms. The number of ether oxygens (including phenoxy) is 1. The van der Waals surface area contributed by atoms with Gasteiger partial charge < -0.3 is 24.8 Å². The van der Waals surface area contributed by atoms with Gasteiger partial charge in [0.25, 0.3) is 15.9 Å². The first-order valence-electron chi connectivity index (χ1n) is 16.5. The van der Waals surface area contributed by atoms with Gasteiger partial charge in [-0.25, -0.2) is 14.5 Å². The zero-order valence-electron chi connectivity index (χ0n) is 30.0. The van der Waals surface area contributed by atoms with Gasteiger partial charge in [0, 0.05) is 42.7 Å². The summed E-state index contributed by atoms with van der Waals surface area (Å²) in [6, 6.07) is 3.86. The molecule has 280 valence electrons. The topological polar surface area (TPSA) is 212 Å². The lowest BCUT2D eigenvalue weighted by molar-refractivity contribution is -0.143. The molecule has 3 N–H and O–H groups in total. The maximum absolute atomic E-state index is 14.4. The van der Waals surface area contributed by atoms with E-state index in [1.165, 1.54) is 32.9 Å². The number of likely N-dealkylation sites (tertiary alicyclic amines) is 1. The smallest absolute Gasteiger partial charge is 0.408 e. The highest BCUT2D eigenvalue weighted by molar-refractivity contribution is 7.90. The number of nitrogens with one attached hydrogen (secondary N) is 3. The van der Waals surface area contributed by atoms with E-state index in [2.05, 4.69) is 37.6 Å². The number of tetrazole rings is 1. The van der Waals surface area contributed by atoms with Crippen LogP contribution >= 0.6 is 11.6 Å². The third-order valence-electron chi connectivity index (χ3n) is 8.71. The molecule has 52 heavy (non-hydrogen) atoms. The van der Waals surface area contributed by atoms with Gasteiger partial charge in [-0.1, -0.05) is 50.6 Å². The van der Waals surface area contributed by atoms with Crippen molar-refractivity contribution in [3.8, 4) is 11.4 Å². The van der Waals surface area contributed by atoms with Crippen LogP contribution in [0.5, 0.6) is 0 Å². The van der Waals surface area contributed by atoms with Gasteiger partial charge in [0.2, 0.25) is 17.6 Å². The summed E-state index contributed by atoms with van der Waals surface area (Å²) in [4.78, 5) is 61.7. The maximum atomic E-state index is 14.4. The first kappa shape index (κ1) is 38.4. The largest absolute Gasteiger partial charge is 0.444 e. The van der Waals surface area contributed by atoms with Crippen LogP contribution in [0.2, 0.25) is 5.02 Å². The molecule has 5 rings (SSSR count). The van der Waals surface area contributed by atoms with Crippen LogP contribution in [-0.2, 0) is 36.2 Å². The molecule has 5 atom stereocenters. The van der Waals surface area contributed by atoms with E-state index in [4.69, 9.17) is 16.3 Å². The average Bonchev–Trinajstić information content (AvgIpc) is 3.44. The van der Waals surface area contributed by atoms with Crippen molar-refractivity contribution in [2.75, 3.05) is 6.54 Å². The molecule has 0 bridgehead atoms. The van der Waals surface area contributed by atoms with Crippen LogP contribution in [0.3, 0.4) is 0 Å². The minimum Gasteiger partial charge on any atom is -0.444 e. The molecule has 3 heterocycles. The van der Waals surface area contributed by atoms with Gasteiger partial charge in [-0.15, -0.1) is 16.8 Å². The number of imidazole rings is 1. The average molecular weight is 759 g/mol. The number of carbonyl (C=O) groups excluding carboxylic acids is 4. The Morgan fingerprint density at radius 2 is 1.87 bits per heavy atom. The summed E-state index contributed by atoms with van der Waals surface area (Å²) in [5, 5.41) is 18.4. The SMILES string of the molecule is C=C[C@@H]1C[C@]1(NC(=O)[C@@H]1C[C@@H](n2nnc(-c3cccc(Cl)c3)n2)CN1C(=O)[C@@H](NC(=O)OC(C)(C)C)C(C)(C)C)C(=O)NS(=O)(=O)c1cn(C)cn1. The second kappa shape index (κ2) is 13.9. The minimum absolute atomic E-state index is 0.00505. The zero-order valence-corrected chi connectivity index (χ0v) is 31.5. The Labute approximate surface area is 306 Å². The fourth-order valence-corrected chi connectivity index (χ4v) is 7.18. The molecular weight excluding hydrogens is 716 g/mol. The Bertz CT molecular complexity index is 2000. The number of carbonyl (C=O) groups is 4. The standard InChI is InChI=1S/C33H43ClN10O7S/c1-9-20-15-33(20,29(47)40-52(49,50)24-17-42(8)18-35-24)37-27(45)23-14-22(44-39-26(38-41-44)19-11-10-12-21(34)13-19)16-43(23)28(46)25(31(2,3)4)36-30(48)51-32(5,6)7/h9-13,17-18,20,22-23,25H,1,14-16H2,2-8H3,(H,36,48)(H,37,45)(H,40,47)/t20-,22-,23+,25-,33-/m1/s1. The maximum Gasteiger partial charge on any atom is 0.408 e. The van der Waals surface area contributed by atoms with E-state index in [0.29, 0.717) is 10.6 Å². The summed E-state index contributed by atoms with van der Waals surface area (Å²) in [7, 11) is -2.81. The van der Waals surface area contributed by atoms with Crippen LogP contribution in [0, 0.1) is 11.3 Å². The Hall–Kier alpha value is -4.84. The second-order valence-corrected chi connectivity index (χ2v) is 17.2. The Kier molecular flexibility index (Phi) is 10.3. The van der Waals surface area contributed by atoms with Gasteiger partial charge in [0.1, 0.15) is 23.2 Å². The lowest BCUT2D eigenvalue weighted by atomic mass is 9.85. The molecule has 2 fully saturated rings. The third-order valence-corrected chi connectivity index (χ3v) is 10.2. The van der Waals surface area contributed by atoms with Gasteiger partial charge >= 0.3 is 6.09 Å². The van der Waals surface area contributed by atoms with Crippen molar-refractivity contribution in [3.63, 3.8) is 0 Å². The molecule has 3 aromatic rings. The van der Waals surface area contributed by atoms with E-state index in [0.717, 1.165) is 0 Å². The Balaban J connectivity index is 1.45. The van der Waals surface area contributed by atoms with E-state index in [9.17, 15) is 27.6 Å². The number of halogens is 1. The molecule has 2 aliphatic rings. The molecule has 1 saturated carbocycles. The van der Waals surface area contributed by atoms with Crippen molar-refractivity contribution in [2.45, 2.75) is 88.7 Å². The van der Waals surface area contributed by atoms with Gasteiger partial charge in [-0.05, 0) is 50.0 Å². The quantitative estimate of drug-likeness (QED) is 0.256. The van der Waals surface area contributed by atoms with Crippen LogP contribution in [0.15, 0.2) is 54.5 Å². The minimum atomic E-state index is -4.38. The molecule has 1 aromatic carbocycles. The molecule has 4 amide bonds. The summed E-state index contributed by atoms with van der Waals surface area (Å²) in [5.41, 5.74) is -2.76. The Morgan fingerprint density at radius 3 is 2.44 bits per heavy atom. The Morgan fingerprint density at radius 1 is 1.15 bits per heavy atom. The van der Waals surface area contributed by atoms with Crippen LogP contribution < -0.4 is 15.4 Å². The van der Waals surface area contributed by atoms with E-state index >= 15 is 0 Å². The number of benzene rings is 1. The zero-order chi connectivity index (χ0) is 38.4.